The van der Waals surface area contributed by atoms with E-state index in [0.717, 1.165) is 24.8 Å². The Kier molecular flexibility index (Phi) is 5.35. The summed E-state index contributed by atoms with van der Waals surface area (Å²) in [6.07, 6.45) is 4.06. The maximum Gasteiger partial charge on any atom is 0.211 e. The van der Waals surface area contributed by atoms with Gasteiger partial charge in [-0.15, -0.1) is 0 Å². The van der Waals surface area contributed by atoms with Crippen LogP contribution in [-0.4, -0.2) is 39.1 Å². The van der Waals surface area contributed by atoms with E-state index in [2.05, 4.69) is 5.32 Å². The summed E-state index contributed by atoms with van der Waals surface area (Å²) in [4.78, 5) is 0. The quantitative estimate of drug-likeness (QED) is 0.906. The van der Waals surface area contributed by atoms with Gasteiger partial charge in [0.2, 0.25) is 10.0 Å². The zero-order valence-corrected chi connectivity index (χ0v) is 13.4. The molecule has 1 aliphatic rings. The lowest BCUT2D eigenvalue weighted by molar-refractivity contribution is 0.240. The third-order valence-corrected chi connectivity index (χ3v) is 5.41. The van der Waals surface area contributed by atoms with Crippen LogP contribution >= 0.6 is 0 Å². The van der Waals surface area contributed by atoms with Crippen LogP contribution < -0.4 is 5.32 Å². The van der Waals surface area contributed by atoms with Gasteiger partial charge in [0.05, 0.1) is 6.26 Å². The van der Waals surface area contributed by atoms with Crippen molar-refractivity contribution in [1.29, 1.82) is 0 Å². The van der Waals surface area contributed by atoms with Gasteiger partial charge in [-0.3, -0.25) is 0 Å². The minimum absolute atomic E-state index is 0.120. The van der Waals surface area contributed by atoms with Gasteiger partial charge in [-0.25, -0.2) is 17.1 Å². The second kappa shape index (κ2) is 6.85. The molecule has 0 radical (unpaired) electrons. The van der Waals surface area contributed by atoms with Crippen LogP contribution in [0.2, 0.25) is 0 Å². The number of benzene rings is 1. The lowest BCUT2D eigenvalue weighted by atomic mass is 9.89. The Labute approximate surface area is 126 Å². The number of sulfonamides is 1. The second-order valence-electron chi connectivity index (χ2n) is 5.76. The van der Waals surface area contributed by atoms with E-state index in [9.17, 15) is 12.8 Å². The first-order valence-corrected chi connectivity index (χ1v) is 9.13. The Bertz CT molecular complexity index is 560. The summed E-state index contributed by atoms with van der Waals surface area (Å²) in [6, 6.07) is 6.61. The molecule has 21 heavy (non-hydrogen) atoms. The van der Waals surface area contributed by atoms with Gasteiger partial charge in [-0.2, -0.15) is 0 Å². The number of hydrogen-bond donors (Lipinski definition) is 1. The first kappa shape index (κ1) is 16.4. The van der Waals surface area contributed by atoms with Crippen molar-refractivity contribution in [3.05, 3.63) is 35.6 Å². The minimum atomic E-state index is -3.11. The van der Waals surface area contributed by atoms with Crippen LogP contribution in [0.3, 0.4) is 0 Å². The molecule has 2 unspecified atom stereocenters. The summed E-state index contributed by atoms with van der Waals surface area (Å²) in [7, 11) is -1.23. The first-order chi connectivity index (χ1) is 9.90. The van der Waals surface area contributed by atoms with E-state index in [-0.39, 0.29) is 11.9 Å². The number of rotatable bonds is 5. The van der Waals surface area contributed by atoms with Crippen LogP contribution in [0.25, 0.3) is 0 Å². The third-order valence-electron chi connectivity index (χ3n) is 4.14. The molecule has 0 bridgehead atoms. The third kappa shape index (κ3) is 4.49. The normalized spacial score (nSPS) is 22.1. The molecule has 1 fully saturated rings. The molecule has 1 N–H and O–H groups in total. The van der Waals surface area contributed by atoms with Gasteiger partial charge < -0.3 is 5.32 Å². The van der Waals surface area contributed by atoms with Gasteiger partial charge in [0.15, 0.2) is 0 Å². The van der Waals surface area contributed by atoms with Crippen LogP contribution in [0, 0.1) is 11.7 Å². The number of halogens is 1. The van der Waals surface area contributed by atoms with Crippen LogP contribution in [0.1, 0.15) is 30.9 Å². The fourth-order valence-corrected chi connectivity index (χ4v) is 3.91. The van der Waals surface area contributed by atoms with Gasteiger partial charge in [0.25, 0.3) is 0 Å². The number of nitrogens with zero attached hydrogens (tertiary/aromatic N) is 1. The van der Waals surface area contributed by atoms with Crippen molar-refractivity contribution < 1.29 is 12.8 Å². The molecule has 6 heteroatoms. The average molecular weight is 314 g/mol. The second-order valence-corrected chi connectivity index (χ2v) is 7.74. The Balaban J connectivity index is 2.03. The van der Waals surface area contributed by atoms with Crippen molar-refractivity contribution in [2.75, 3.05) is 26.4 Å². The monoisotopic (exact) mass is 314 g/mol. The number of piperidine rings is 1. The molecule has 0 aromatic heterocycles. The summed E-state index contributed by atoms with van der Waals surface area (Å²) in [6.45, 7) is 1.20. The van der Waals surface area contributed by atoms with E-state index in [1.807, 2.05) is 7.05 Å². The summed E-state index contributed by atoms with van der Waals surface area (Å²) >= 11 is 0. The van der Waals surface area contributed by atoms with E-state index in [1.54, 1.807) is 16.4 Å². The number of hydrogen-bond acceptors (Lipinski definition) is 3. The highest BCUT2D eigenvalue weighted by Gasteiger charge is 2.27. The molecule has 0 amide bonds. The molecule has 1 aliphatic heterocycles. The molecule has 118 valence electrons. The van der Waals surface area contributed by atoms with Crippen LogP contribution in [0.15, 0.2) is 24.3 Å². The Morgan fingerprint density at radius 3 is 2.62 bits per heavy atom. The zero-order chi connectivity index (χ0) is 15.5. The van der Waals surface area contributed by atoms with Crippen molar-refractivity contribution in [3.63, 3.8) is 0 Å². The van der Waals surface area contributed by atoms with Crippen LogP contribution in [0.4, 0.5) is 4.39 Å². The van der Waals surface area contributed by atoms with Gasteiger partial charge >= 0.3 is 0 Å². The predicted octanol–water partition coefficient (Wildman–Crippen LogP) is 2.15. The van der Waals surface area contributed by atoms with E-state index in [1.165, 1.54) is 18.4 Å². The standard InChI is InChI=1S/C15H23FN2O2S/c1-17-15(13-5-7-14(16)8-6-13)10-12-4-3-9-18(11-12)21(2,19)20/h5-8,12,15,17H,3-4,9-11H2,1-2H3. The lowest BCUT2D eigenvalue weighted by Crippen LogP contribution is -2.40. The van der Waals surface area contributed by atoms with E-state index in [4.69, 9.17) is 0 Å². The van der Waals surface area contributed by atoms with Gasteiger partial charge in [-0.1, -0.05) is 12.1 Å². The molecule has 4 nitrogen and oxygen atoms in total. The molecule has 1 aromatic rings. The number of nitrogens with one attached hydrogen (secondary N) is 1. The molecule has 0 saturated carbocycles. The van der Waals surface area contributed by atoms with Crippen molar-refractivity contribution in [2.24, 2.45) is 5.92 Å². The molecule has 0 spiro atoms. The maximum atomic E-state index is 13.0. The highest BCUT2D eigenvalue weighted by molar-refractivity contribution is 7.88. The first-order valence-electron chi connectivity index (χ1n) is 7.28. The van der Waals surface area contributed by atoms with Crippen LogP contribution in [-0.2, 0) is 10.0 Å². The molecular formula is C15H23FN2O2S. The molecular weight excluding hydrogens is 291 g/mol. The molecule has 0 aliphatic carbocycles. The van der Waals surface area contributed by atoms with Gasteiger partial charge in [-0.05, 0) is 49.9 Å². The minimum Gasteiger partial charge on any atom is -0.313 e. The highest BCUT2D eigenvalue weighted by atomic mass is 32.2. The van der Waals surface area contributed by atoms with Crippen molar-refractivity contribution in [2.45, 2.75) is 25.3 Å². The highest BCUT2D eigenvalue weighted by Crippen LogP contribution is 2.28. The fraction of sp³-hybridized carbons (Fsp3) is 0.600. The predicted molar refractivity (Wildman–Crippen MR) is 82.0 cm³/mol. The molecule has 1 heterocycles. The van der Waals surface area contributed by atoms with E-state index >= 15 is 0 Å². The fourth-order valence-electron chi connectivity index (χ4n) is 2.97. The summed E-state index contributed by atoms with van der Waals surface area (Å²) in [5, 5.41) is 3.25. The zero-order valence-electron chi connectivity index (χ0n) is 12.5. The molecule has 2 atom stereocenters. The summed E-state index contributed by atoms with van der Waals surface area (Å²) in [5.74, 6) is 0.0884. The Hall–Kier alpha value is -0.980. The molecule has 1 saturated heterocycles. The van der Waals surface area contributed by atoms with Crippen molar-refractivity contribution >= 4 is 10.0 Å². The average Bonchev–Trinajstić information content (AvgIpc) is 2.45. The van der Waals surface area contributed by atoms with Crippen molar-refractivity contribution in [1.82, 2.24) is 9.62 Å². The topological polar surface area (TPSA) is 49.4 Å². The van der Waals surface area contributed by atoms with E-state index in [0.29, 0.717) is 19.0 Å². The van der Waals surface area contributed by atoms with Gasteiger partial charge in [0.1, 0.15) is 5.82 Å². The molecule has 2 rings (SSSR count). The lowest BCUT2D eigenvalue weighted by Gasteiger charge is -2.33. The SMILES string of the molecule is CNC(CC1CCCN(S(C)(=O)=O)C1)c1ccc(F)cc1. The largest absolute Gasteiger partial charge is 0.313 e. The molecule has 1 aromatic carbocycles. The van der Waals surface area contributed by atoms with Crippen molar-refractivity contribution in [3.8, 4) is 0 Å². The van der Waals surface area contributed by atoms with E-state index < -0.39 is 10.0 Å². The maximum absolute atomic E-state index is 13.0. The van der Waals surface area contributed by atoms with Crippen LogP contribution in [0.5, 0.6) is 0 Å². The van der Waals surface area contributed by atoms with Gasteiger partial charge in [0, 0.05) is 19.1 Å². The summed E-state index contributed by atoms with van der Waals surface area (Å²) in [5.41, 5.74) is 1.04. The smallest absolute Gasteiger partial charge is 0.211 e. The summed E-state index contributed by atoms with van der Waals surface area (Å²) < 4.78 is 37.9. The Morgan fingerprint density at radius 2 is 2.05 bits per heavy atom. The Morgan fingerprint density at radius 1 is 1.38 bits per heavy atom.